The van der Waals surface area contributed by atoms with Crippen LogP contribution in [0.1, 0.15) is 93.9 Å². The number of terminal acetylenes is 1. The van der Waals surface area contributed by atoms with E-state index in [9.17, 15) is 4.79 Å². The Hall–Kier alpha value is -5.12. The number of carbonyl (C=O) groups is 1. The predicted molar refractivity (Wildman–Crippen MR) is 219 cm³/mol. The zero-order valence-electron chi connectivity index (χ0n) is 34.1. The van der Waals surface area contributed by atoms with Crippen LogP contribution < -0.4 is 19.1 Å². The van der Waals surface area contributed by atoms with E-state index in [0.717, 1.165) is 65.6 Å². The van der Waals surface area contributed by atoms with Gasteiger partial charge in [0, 0.05) is 55.6 Å². The van der Waals surface area contributed by atoms with Crippen LogP contribution >= 0.6 is 0 Å². The number of aromatic nitrogens is 2. The van der Waals surface area contributed by atoms with Crippen LogP contribution in [-0.4, -0.2) is 85.0 Å². The predicted octanol–water partition coefficient (Wildman–Crippen LogP) is 8.70. The lowest BCUT2D eigenvalue weighted by Gasteiger charge is -2.37. The maximum absolute atomic E-state index is 15.9. The first kappa shape index (κ1) is 39.7. The molecule has 3 aromatic carbocycles. The van der Waals surface area contributed by atoms with Crippen LogP contribution in [0.3, 0.4) is 0 Å². The van der Waals surface area contributed by atoms with E-state index < -0.39 is 11.4 Å². The van der Waals surface area contributed by atoms with Crippen molar-refractivity contribution in [2.45, 2.75) is 109 Å². The Labute approximate surface area is 340 Å². The maximum atomic E-state index is 15.9. The number of hydrogen-bond acceptors (Lipinski definition) is 10. The number of halogens is 1. The maximum Gasteiger partial charge on any atom is 0.410 e. The van der Waals surface area contributed by atoms with Crippen LogP contribution in [0.25, 0.3) is 22.0 Å². The summed E-state index contributed by atoms with van der Waals surface area (Å²) >= 11 is 0. The van der Waals surface area contributed by atoms with Gasteiger partial charge in [-0.25, -0.2) is 9.18 Å². The van der Waals surface area contributed by atoms with Gasteiger partial charge in [0.2, 0.25) is 0 Å². The summed E-state index contributed by atoms with van der Waals surface area (Å²) in [7, 11) is 1.53. The van der Waals surface area contributed by atoms with Gasteiger partial charge in [-0.2, -0.15) is 9.97 Å². The summed E-state index contributed by atoms with van der Waals surface area (Å²) in [5.41, 5.74) is 4.63. The molecule has 58 heavy (non-hydrogen) atoms. The largest absolute Gasteiger partial charge is 0.486 e. The van der Waals surface area contributed by atoms with E-state index in [1.807, 2.05) is 49.1 Å². The molecule has 0 N–H and O–H groups in total. The van der Waals surface area contributed by atoms with Crippen molar-refractivity contribution >= 4 is 22.8 Å². The lowest BCUT2D eigenvalue weighted by atomic mass is 9.90. The highest BCUT2D eigenvalue weighted by Crippen LogP contribution is 2.53. The van der Waals surface area contributed by atoms with E-state index in [-0.39, 0.29) is 49.6 Å². The molecule has 4 fully saturated rings. The minimum absolute atomic E-state index is 0.00918. The molecule has 4 aromatic rings. The monoisotopic (exact) mass is 792 g/mol. The summed E-state index contributed by atoms with van der Waals surface area (Å²) in [4.78, 5) is 28.0. The van der Waals surface area contributed by atoms with Crippen molar-refractivity contribution < 1.29 is 37.6 Å². The fraction of sp³-hybridized carbons (Fsp3) is 0.500. The number of hydrogen-bond donors (Lipinski definition) is 0. The Kier molecular flexibility index (Phi) is 11.4. The van der Waals surface area contributed by atoms with E-state index >= 15 is 4.39 Å². The Morgan fingerprint density at radius 3 is 2.48 bits per heavy atom. The van der Waals surface area contributed by atoms with Gasteiger partial charge in [-0.1, -0.05) is 31.4 Å². The summed E-state index contributed by atoms with van der Waals surface area (Å²) in [6.07, 6.45) is 11.2. The Morgan fingerprint density at radius 2 is 1.81 bits per heavy atom. The van der Waals surface area contributed by atoms with E-state index in [1.54, 1.807) is 6.92 Å². The molecule has 0 spiro atoms. The number of anilines is 1. The zero-order valence-corrected chi connectivity index (χ0v) is 34.1. The summed E-state index contributed by atoms with van der Waals surface area (Å²) < 4.78 is 52.1. The molecule has 0 unspecified atom stereocenters. The normalized spacial score (nSPS) is 19.4. The number of ether oxygens (including phenoxy) is 6. The second-order valence-electron chi connectivity index (χ2n) is 16.6. The first-order valence-corrected chi connectivity index (χ1v) is 20.6. The summed E-state index contributed by atoms with van der Waals surface area (Å²) in [6.45, 7) is 10.3. The molecule has 11 nitrogen and oxygen atoms in total. The molecule has 306 valence electrons. The molecule has 2 bridgehead atoms. The van der Waals surface area contributed by atoms with Gasteiger partial charge in [0.05, 0.1) is 25.3 Å². The number of rotatable bonds is 14. The molecule has 0 radical (unpaired) electrons. The van der Waals surface area contributed by atoms with Gasteiger partial charge < -0.3 is 38.2 Å². The fourth-order valence-electron chi connectivity index (χ4n) is 8.64. The zero-order chi connectivity index (χ0) is 40.6. The molecule has 1 aliphatic carbocycles. The van der Waals surface area contributed by atoms with E-state index in [4.69, 9.17) is 44.8 Å². The molecule has 3 aliphatic heterocycles. The number of nitrogens with zero attached hydrogens (tertiary/aromatic N) is 4. The molecular weight excluding hydrogens is 740 g/mol. The van der Waals surface area contributed by atoms with Gasteiger partial charge in [0.1, 0.15) is 41.2 Å². The van der Waals surface area contributed by atoms with Crippen LogP contribution in [0.15, 0.2) is 42.5 Å². The first-order valence-electron chi connectivity index (χ1n) is 20.6. The van der Waals surface area contributed by atoms with Crippen molar-refractivity contribution in [3.63, 3.8) is 0 Å². The van der Waals surface area contributed by atoms with E-state index in [2.05, 4.69) is 23.8 Å². The van der Waals surface area contributed by atoms with Crippen LogP contribution in [-0.2, 0) is 20.8 Å². The molecule has 2 atom stereocenters. The average molecular weight is 793 g/mol. The van der Waals surface area contributed by atoms with Crippen molar-refractivity contribution in [3.8, 4) is 41.0 Å². The van der Waals surface area contributed by atoms with Crippen molar-refractivity contribution in [2.24, 2.45) is 0 Å². The van der Waals surface area contributed by atoms with Crippen molar-refractivity contribution in [1.82, 2.24) is 14.9 Å². The molecule has 1 amide bonds. The average Bonchev–Trinajstić information content (AvgIpc) is 3.86. The Bertz CT molecular complexity index is 2200. The lowest BCUT2D eigenvalue weighted by molar-refractivity contribution is 0.00505. The molecule has 12 heteroatoms. The van der Waals surface area contributed by atoms with Gasteiger partial charge in [-0.05, 0) is 98.9 Å². The Balaban J connectivity index is 1.28. The summed E-state index contributed by atoms with van der Waals surface area (Å²) in [5.74, 6) is 4.09. The van der Waals surface area contributed by atoms with Crippen LogP contribution in [0.4, 0.5) is 15.0 Å². The molecule has 8 rings (SSSR count). The number of benzene rings is 3. The van der Waals surface area contributed by atoms with Gasteiger partial charge in [0.15, 0.2) is 12.5 Å². The van der Waals surface area contributed by atoms with Crippen molar-refractivity contribution in [3.05, 3.63) is 70.5 Å². The van der Waals surface area contributed by atoms with E-state index in [0.29, 0.717) is 67.3 Å². The van der Waals surface area contributed by atoms with Gasteiger partial charge in [0.25, 0.3) is 0 Å². The standard InChI is InChI=1S/C46H53FN4O7/c1-7-17-46(4,5)58-45(52)51-25-32-20-33(51)24-50(32)43-38-23-37(31-13-14-31)40(36-21-35(56-27-53-6)22-39(47)28(36)3)42(55-26-30-11-9-29(8-2)10-12-30)41(38)48-44(49-43)57-34-15-18-54-19-16-34/h2,9-12,21-23,31-34H,7,13-20,24-27H2,1,3-6H3/t32-,33-/m0/s1. The second kappa shape index (κ2) is 16.6. The SMILES string of the molecule is C#Cc1ccc(COc2c(-c3cc(OCOC)cc(F)c3C)c(C3CC3)cc3c(N4C[C@@H]5C[C@H]4CN5C(=O)OC(C)(C)CCC)nc(OC4CCOCC4)nc23)cc1. The second-order valence-corrected chi connectivity index (χ2v) is 16.6. The van der Waals surface area contributed by atoms with Crippen molar-refractivity contribution in [1.29, 1.82) is 0 Å². The van der Waals surface area contributed by atoms with Crippen molar-refractivity contribution in [2.75, 3.05) is 45.1 Å². The topological polar surface area (TPSA) is 105 Å². The molecule has 4 aliphatic rings. The van der Waals surface area contributed by atoms with Gasteiger partial charge >= 0.3 is 12.1 Å². The minimum Gasteiger partial charge on any atom is -0.486 e. The highest BCUT2D eigenvalue weighted by molar-refractivity contribution is 6.01. The summed E-state index contributed by atoms with van der Waals surface area (Å²) in [5, 5.41) is 0.818. The van der Waals surface area contributed by atoms with E-state index in [1.165, 1.54) is 13.2 Å². The molecule has 1 saturated carbocycles. The number of methoxy groups -OCH3 is 1. The van der Waals surface area contributed by atoms with Gasteiger partial charge in [-0.3, -0.25) is 0 Å². The molecular formula is C46H53FN4O7. The smallest absolute Gasteiger partial charge is 0.410 e. The number of fused-ring (bicyclic) bond motifs is 3. The molecule has 1 aromatic heterocycles. The Morgan fingerprint density at radius 1 is 1.03 bits per heavy atom. The van der Waals surface area contributed by atoms with Gasteiger partial charge in [-0.15, -0.1) is 6.42 Å². The number of amides is 1. The molecule has 4 heterocycles. The third-order valence-electron chi connectivity index (χ3n) is 11.8. The van der Waals surface area contributed by atoms with Crippen LogP contribution in [0.2, 0.25) is 0 Å². The highest BCUT2D eigenvalue weighted by Gasteiger charge is 2.48. The van der Waals surface area contributed by atoms with Crippen LogP contribution in [0, 0.1) is 25.1 Å². The fourth-order valence-corrected chi connectivity index (χ4v) is 8.64. The first-order chi connectivity index (χ1) is 28.0. The number of likely N-dealkylation sites (tertiary alicyclic amines) is 1. The summed E-state index contributed by atoms with van der Waals surface area (Å²) in [6, 6.07) is 13.3. The molecule has 3 saturated heterocycles. The number of carbonyl (C=O) groups excluding carboxylic acids is 1. The van der Waals surface area contributed by atoms with Crippen LogP contribution in [0.5, 0.6) is 17.5 Å². The quantitative estimate of drug-likeness (QED) is 0.0910. The third kappa shape index (κ3) is 8.25. The minimum atomic E-state index is -0.542. The highest BCUT2D eigenvalue weighted by atomic mass is 19.1. The third-order valence-corrected chi connectivity index (χ3v) is 11.8. The lowest BCUT2D eigenvalue weighted by Crippen LogP contribution is -2.50. The number of piperazine rings is 1.